The first-order chi connectivity index (χ1) is 10.1. The molecule has 0 amide bonds. The number of methoxy groups -OCH3 is 1. The molecule has 0 aliphatic carbocycles. The molecule has 21 heavy (non-hydrogen) atoms. The van der Waals surface area contributed by atoms with Crippen molar-refractivity contribution < 1.29 is 19.4 Å². The fraction of sp³-hybridized carbons (Fsp3) is 0.357. The molecule has 110 valence electrons. The monoisotopic (exact) mass is 289 g/mol. The Labute approximate surface area is 120 Å². The number of aromatic carboxylic acids is 1. The van der Waals surface area contributed by atoms with E-state index in [0.29, 0.717) is 16.9 Å². The molecule has 2 aromatic rings. The van der Waals surface area contributed by atoms with Gasteiger partial charge in [0.1, 0.15) is 5.82 Å². The quantitative estimate of drug-likeness (QED) is 0.815. The maximum atomic E-state index is 11.6. The molecule has 3 rings (SSSR count). The molecular formula is C14H15N3O4. The van der Waals surface area contributed by atoms with Gasteiger partial charge in [0.25, 0.3) is 0 Å². The minimum absolute atomic E-state index is 0.0392. The number of carbonyl (C=O) groups excluding carboxylic acids is 1. The van der Waals surface area contributed by atoms with E-state index in [2.05, 4.69) is 15.0 Å². The summed E-state index contributed by atoms with van der Waals surface area (Å²) in [5, 5.41) is 12.6. The molecule has 1 aliphatic rings. The second-order valence-corrected chi connectivity index (χ2v) is 4.98. The molecule has 1 saturated heterocycles. The maximum Gasteiger partial charge on any atom is 0.356 e. The van der Waals surface area contributed by atoms with E-state index in [4.69, 9.17) is 0 Å². The van der Waals surface area contributed by atoms with Gasteiger partial charge in [-0.2, -0.15) is 0 Å². The van der Waals surface area contributed by atoms with Crippen LogP contribution >= 0.6 is 0 Å². The van der Waals surface area contributed by atoms with Gasteiger partial charge in [0.05, 0.1) is 18.2 Å². The third-order valence-electron chi connectivity index (χ3n) is 3.72. The molecule has 3 heterocycles. The van der Waals surface area contributed by atoms with Gasteiger partial charge in [-0.3, -0.25) is 0 Å². The fourth-order valence-electron chi connectivity index (χ4n) is 2.67. The summed E-state index contributed by atoms with van der Waals surface area (Å²) in [5.74, 6) is -0.718. The molecule has 1 atom stereocenters. The van der Waals surface area contributed by atoms with Crippen molar-refractivity contribution >= 4 is 17.5 Å². The molecule has 7 heteroatoms. The van der Waals surface area contributed by atoms with E-state index in [-0.39, 0.29) is 11.6 Å². The molecule has 1 aliphatic heterocycles. The Hall–Kier alpha value is -2.41. The first-order valence-corrected chi connectivity index (χ1v) is 6.66. The number of carboxylic acid groups (broad SMARTS) is 1. The van der Waals surface area contributed by atoms with Gasteiger partial charge in [-0.15, -0.1) is 0 Å². The summed E-state index contributed by atoms with van der Waals surface area (Å²) in [7, 11) is 1.29. The van der Waals surface area contributed by atoms with E-state index < -0.39 is 11.9 Å². The molecule has 0 radical (unpaired) electrons. The summed E-state index contributed by atoms with van der Waals surface area (Å²) in [4.78, 5) is 27.2. The summed E-state index contributed by atoms with van der Waals surface area (Å²) in [6.07, 6.45) is 2.59. The number of ether oxygens (including phenoxy) is 1. The standard InChI is InChI=1S/C14H15N3O4/c1-21-14(20)8-3-5-17-10(6-8)11(13(18)19)16-12(17)9-2-4-15-7-9/h3,5-6,9,15H,2,4,7H2,1H3,(H,18,19). The second-order valence-electron chi connectivity index (χ2n) is 4.98. The number of hydrogen-bond acceptors (Lipinski definition) is 5. The summed E-state index contributed by atoms with van der Waals surface area (Å²) in [5.41, 5.74) is 0.679. The van der Waals surface area contributed by atoms with Crippen molar-refractivity contribution in [3.05, 3.63) is 35.4 Å². The Balaban J connectivity index is 2.18. The van der Waals surface area contributed by atoms with Crippen LogP contribution in [-0.2, 0) is 4.74 Å². The van der Waals surface area contributed by atoms with E-state index in [1.54, 1.807) is 16.7 Å². The van der Waals surface area contributed by atoms with Gasteiger partial charge >= 0.3 is 11.9 Å². The lowest BCUT2D eigenvalue weighted by atomic mass is 10.1. The number of imidazole rings is 1. The number of hydrogen-bond donors (Lipinski definition) is 2. The van der Waals surface area contributed by atoms with Crippen LogP contribution in [0.2, 0.25) is 0 Å². The van der Waals surface area contributed by atoms with Crippen molar-refractivity contribution in [2.45, 2.75) is 12.3 Å². The van der Waals surface area contributed by atoms with Crippen molar-refractivity contribution in [3.63, 3.8) is 0 Å². The highest BCUT2D eigenvalue weighted by atomic mass is 16.5. The van der Waals surface area contributed by atoms with Crippen LogP contribution in [0.5, 0.6) is 0 Å². The van der Waals surface area contributed by atoms with E-state index in [0.717, 1.165) is 19.5 Å². The van der Waals surface area contributed by atoms with Crippen LogP contribution in [0.3, 0.4) is 0 Å². The molecule has 1 fully saturated rings. The summed E-state index contributed by atoms with van der Waals surface area (Å²) in [6, 6.07) is 3.12. The number of fused-ring (bicyclic) bond motifs is 1. The van der Waals surface area contributed by atoms with Gasteiger partial charge in [-0.25, -0.2) is 14.6 Å². The van der Waals surface area contributed by atoms with Crippen LogP contribution in [0.1, 0.15) is 39.0 Å². The van der Waals surface area contributed by atoms with Gasteiger partial charge in [0.15, 0.2) is 5.69 Å². The van der Waals surface area contributed by atoms with Crippen LogP contribution in [0.25, 0.3) is 5.52 Å². The molecule has 1 unspecified atom stereocenters. The SMILES string of the molecule is COC(=O)c1ccn2c(C3CCNC3)nc(C(=O)O)c2c1. The molecule has 0 saturated carbocycles. The molecular weight excluding hydrogens is 274 g/mol. The number of carbonyl (C=O) groups is 2. The Morgan fingerprint density at radius 1 is 1.52 bits per heavy atom. The Morgan fingerprint density at radius 2 is 2.33 bits per heavy atom. The molecule has 0 aromatic carbocycles. The van der Waals surface area contributed by atoms with Gasteiger partial charge in [-0.1, -0.05) is 0 Å². The zero-order chi connectivity index (χ0) is 15.0. The van der Waals surface area contributed by atoms with Gasteiger partial charge < -0.3 is 19.6 Å². The van der Waals surface area contributed by atoms with Crippen molar-refractivity contribution in [2.24, 2.45) is 0 Å². The number of nitrogens with zero attached hydrogens (tertiary/aromatic N) is 2. The number of pyridine rings is 1. The maximum absolute atomic E-state index is 11.6. The molecule has 0 spiro atoms. The van der Waals surface area contributed by atoms with E-state index >= 15 is 0 Å². The van der Waals surface area contributed by atoms with Crippen LogP contribution in [0.4, 0.5) is 0 Å². The third kappa shape index (κ3) is 2.25. The number of esters is 1. The number of aromatic nitrogens is 2. The average Bonchev–Trinajstić information content (AvgIpc) is 3.12. The highest BCUT2D eigenvalue weighted by Gasteiger charge is 2.25. The lowest BCUT2D eigenvalue weighted by Crippen LogP contribution is -2.10. The van der Waals surface area contributed by atoms with Crippen LogP contribution in [0, 0.1) is 0 Å². The molecule has 2 N–H and O–H groups in total. The largest absolute Gasteiger partial charge is 0.476 e. The summed E-state index contributed by atoms with van der Waals surface area (Å²) < 4.78 is 6.41. The van der Waals surface area contributed by atoms with Crippen molar-refractivity contribution in [3.8, 4) is 0 Å². The molecule has 2 aromatic heterocycles. The first kappa shape index (κ1) is 13.6. The van der Waals surface area contributed by atoms with E-state index in [9.17, 15) is 14.7 Å². The zero-order valence-corrected chi connectivity index (χ0v) is 11.5. The fourth-order valence-corrected chi connectivity index (χ4v) is 2.67. The predicted molar refractivity (Wildman–Crippen MR) is 73.7 cm³/mol. The minimum atomic E-state index is -1.10. The highest BCUT2D eigenvalue weighted by molar-refractivity contribution is 5.97. The zero-order valence-electron chi connectivity index (χ0n) is 11.5. The van der Waals surface area contributed by atoms with E-state index in [1.807, 2.05) is 0 Å². The molecule has 0 bridgehead atoms. The third-order valence-corrected chi connectivity index (χ3v) is 3.72. The van der Waals surface area contributed by atoms with Crippen LogP contribution in [0.15, 0.2) is 18.3 Å². The van der Waals surface area contributed by atoms with Crippen molar-refractivity contribution in [2.75, 3.05) is 20.2 Å². The summed E-state index contributed by atoms with van der Waals surface area (Å²) >= 11 is 0. The number of rotatable bonds is 3. The van der Waals surface area contributed by atoms with Crippen molar-refractivity contribution in [1.82, 2.24) is 14.7 Å². The normalized spacial score (nSPS) is 18.0. The smallest absolute Gasteiger partial charge is 0.356 e. The Morgan fingerprint density at radius 3 is 2.95 bits per heavy atom. The Bertz CT molecular complexity index is 716. The highest BCUT2D eigenvalue weighted by Crippen LogP contribution is 2.25. The summed E-state index contributed by atoms with van der Waals surface area (Å²) in [6.45, 7) is 1.67. The van der Waals surface area contributed by atoms with Gasteiger partial charge in [-0.05, 0) is 25.1 Å². The van der Waals surface area contributed by atoms with Gasteiger partial charge in [0, 0.05) is 18.7 Å². The van der Waals surface area contributed by atoms with Crippen LogP contribution < -0.4 is 5.32 Å². The lowest BCUT2D eigenvalue weighted by molar-refractivity contribution is 0.0599. The minimum Gasteiger partial charge on any atom is -0.476 e. The molecule has 7 nitrogen and oxygen atoms in total. The van der Waals surface area contributed by atoms with Crippen molar-refractivity contribution in [1.29, 1.82) is 0 Å². The number of nitrogens with one attached hydrogen (secondary N) is 1. The topological polar surface area (TPSA) is 92.9 Å². The van der Waals surface area contributed by atoms with Crippen LogP contribution in [-0.4, -0.2) is 46.6 Å². The van der Waals surface area contributed by atoms with E-state index in [1.165, 1.54) is 13.2 Å². The lowest BCUT2D eigenvalue weighted by Gasteiger charge is -2.07. The first-order valence-electron chi connectivity index (χ1n) is 6.66. The predicted octanol–water partition coefficient (Wildman–Crippen LogP) is 0.896. The second kappa shape index (κ2) is 5.17. The average molecular weight is 289 g/mol. The van der Waals surface area contributed by atoms with Gasteiger partial charge in [0.2, 0.25) is 0 Å². The number of carboxylic acids is 1. The Kier molecular flexibility index (Phi) is 3.34.